The van der Waals surface area contributed by atoms with E-state index in [0.29, 0.717) is 32.0 Å². The van der Waals surface area contributed by atoms with Gasteiger partial charge in [-0.25, -0.2) is 0 Å². The summed E-state index contributed by atoms with van der Waals surface area (Å²) in [4.78, 5) is 26.0. The minimum atomic E-state index is -0.0354. The lowest BCUT2D eigenvalue weighted by atomic mass is 9.96. The third kappa shape index (κ3) is 4.67. The Morgan fingerprint density at radius 2 is 2.22 bits per heavy atom. The molecule has 0 unspecified atom stereocenters. The third-order valence-corrected chi connectivity index (χ3v) is 6.21. The number of aromatic nitrogens is 2. The summed E-state index contributed by atoms with van der Waals surface area (Å²) in [5.41, 5.74) is 0. The van der Waals surface area contributed by atoms with Crippen LogP contribution in [0.4, 0.5) is 0 Å². The Bertz CT molecular complexity index is 574. The third-order valence-electron chi connectivity index (χ3n) is 4.16. The average Bonchev–Trinajstić information content (AvgIpc) is 3.29. The van der Waals surface area contributed by atoms with Crippen LogP contribution >= 0.6 is 23.1 Å². The number of amides is 2. The van der Waals surface area contributed by atoms with Gasteiger partial charge < -0.3 is 10.2 Å². The highest BCUT2D eigenvalue weighted by atomic mass is 32.2. The van der Waals surface area contributed by atoms with Gasteiger partial charge in [-0.3, -0.25) is 9.59 Å². The molecule has 1 aliphatic heterocycles. The van der Waals surface area contributed by atoms with Crippen LogP contribution in [0.1, 0.15) is 37.1 Å². The maximum absolute atomic E-state index is 12.3. The lowest BCUT2D eigenvalue weighted by Gasteiger charge is -2.32. The number of rotatable bonds is 7. The van der Waals surface area contributed by atoms with Crippen molar-refractivity contribution >= 4 is 34.9 Å². The second-order valence-corrected chi connectivity index (χ2v) is 8.62. The summed E-state index contributed by atoms with van der Waals surface area (Å²) in [5, 5.41) is 12.0. The Morgan fingerprint density at radius 3 is 2.91 bits per heavy atom. The molecule has 2 fully saturated rings. The minimum Gasteiger partial charge on any atom is -0.356 e. The van der Waals surface area contributed by atoms with Crippen LogP contribution in [0, 0.1) is 12.8 Å². The first-order chi connectivity index (χ1) is 11.1. The van der Waals surface area contributed by atoms with Crippen LogP contribution in [0.15, 0.2) is 4.34 Å². The second-order valence-electron chi connectivity index (χ2n) is 6.09. The van der Waals surface area contributed by atoms with Gasteiger partial charge in [-0.1, -0.05) is 23.1 Å². The Morgan fingerprint density at radius 1 is 1.39 bits per heavy atom. The summed E-state index contributed by atoms with van der Waals surface area (Å²) in [7, 11) is 0. The molecule has 126 valence electrons. The predicted molar refractivity (Wildman–Crippen MR) is 90.5 cm³/mol. The molecule has 1 aliphatic carbocycles. The van der Waals surface area contributed by atoms with E-state index in [1.807, 2.05) is 11.8 Å². The lowest BCUT2D eigenvalue weighted by molar-refractivity contribution is -0.138. The molecule has 8 heteroatoms. The molecular formula is C15H22N4O2S2. The van der Waals surface area contributed by atoms with E-state index < -0.39 is 0 Å². The van der Waals surface area contributed by atoms with E-state index in [9.17, 15) is 9.59 Å². The first-order valence-corrected chi connectivity index (χ1v) is 9.94. The molecule has 2 amide bonds. The first kappa shape index (κ1) is 16.7. The number of thioether (sulfide) groups is 1. The molecule has 0 spiro atoms. The standard InChI is InChI=1S/C15H22N4O2S2/c1-10-17-18-15(23-10)22-8-2-7-16-14(21)11-3-6-13(20)19(9-11)12-4-5-12/h11-12H,2-9H2,1H3,(H,16,21)/t11-/m1/s1. The molecule has 1 atom stereocenters. The fourth-order valence-electron chi connectivity index (χ4n) is 2.75. The highest BCUT2D eigenvalue weighted by Crippen LogP contribution is 2.31. The van der Waals surface area contributed by atoms with Gasteiger partial charge in [0.25, 0.3) is 0 Å². The highest BCUT2D eigenvalue weighted by Gasteiger charge is 2.38. The smallest absolute Gasteiger partial charge is 0.224 e. The Balaban J connectivity index is 1.33. The minimum absolute atomic E-state index is 0.0354. The van der Waals surface area contributed by atoms with E-state index >= 15 is 0 Å². The highest BCUT2D eigenvalue weighted by molar-refractivity contribution is 8.01. The van der Waals surface area contributed by atoms with Crippen LogP contribution in [0.25, 0.3) is 0 Å². The molecule has 23 heavy (non-hydrogen) atoms. The number of aryl methyl sites for hydroxylation is 1. The van der Waals surface area contributed by atoms with Crippen LogP contribution in [-0.2, 0) is 9.59 Å². The van der Waals surface area contributed by atoms with E-state index in [4.69, 9.17) is 0 Å². The number of nitrogens with zero attached hydrogens (tertiary/aromatic N) is 3. The summed E-state index contributed by atoms with van der Waals surface area (Å²) in [6, 6.07) is 0.407. The number of hydrogen-bond acceptors (Lipinski definition) is 6. The molecule has 1 aromatic heterocycles. The molecule has 0 radical (unpaired) electrons. The van der Waals surface area contributed by atoms with Gasteiger partial charge >= 0.3 is 0 Å². The summed E-state index contributed by atoms with van der Waals surface area (Å²) in [6.45, 7) is 3.23. The molecule has 3 rings (SSSR count). The Labute approximate surface area is 144 Å². The predicted octanol–water partition coefficient (Wildman–Crippen LogP) is 1.85. The molecule has 1 saturated carbocycles. The monoisotopic (exact) mass is 354 g/mol. The van der Waals surface area contributed by atoms with Crippen molar-refractivity contribution in [1.82, 2.24) is 20.4 Å². The van der Waals surface area contributed by atoms with Crippen LogP contribution in [-0.4, -0.2) is 51.8 Å². The number of piperidine rings is 1. The molecule has 1 N–H and O–H groups in total. The van der Waals surface area contributed by atoms with Crippen molar-refractivity contribution in [2.24, 2.45) is 5.92 Å². The topological polar surface area (TPSA) is 75.2 Å². The summed E-state index contributed by atoms with van der Waals surface area (Å²) >= 11 is 3.28. The normalized spacial score (nSPS) is 21.5. The molecule has 1 saturated heterocycles. The molecule has 0 aromatic carbocycles. The zero-order chi connectivity index (χ0) is 16.2. The second kappa shape index (κ2) is 7.61. The zero-order valence-corrected chi connectivity index (χ0v) is 14.9. The van der Waals surface area contributed by atoms with Crippen LogP contribution in [0.3, 0.4) is 0 Å². The van der Waals surface area contributed by atoms with Gasteiger partial charge in [0.05, 0.1) is 5.92 Å². The number of hydrogen-bond donors (Lipinski definition) is 1. The fourth-order valence-corrected chi connectivity index (χ4v) is 4.57. The van der Waals surface area contributed by atoms with Crippen LogP contribution < -0.4 is 5.32 Å². The van der Waals surface area contributed by atoms with Crippen molar-refractivity contribution in [1.29, 1.82) is 0 Å². The van der Waals surface area contributed by atoms with Crippen molar-refractivity contribution < 1.29 is 9.59 Å². The fraction of sp³-hybridized carbons (Fsp3) is 0.733. The zero-order valence-electron chi connectivity index (χ0n) is 13.3. The van der Waals surface area contributed by atoms with Crippen molar-refractivity contribution in [3.63, 3.8) is 0 Å². The molecule has 6 nitrogen and oxygen atoms in total. The van der Waals surface area contributed by atoms with Gasteiger partial charge in [0.1, 0.15) is 5.01 Å². The van der Waals surface area contributed by atoms with Crippen molar-refractivity contribution in [2.45, 2.75) is 49.4 Å². The molecule has 2 aliphatic rings. The van der Waals surface area contributed by atoms with E-state index in [2.05, 4.69) is 15.5 Å². The van der Waals surface area contributed by atoms with Gasteiger partial charge in [0.2, 0.25) is 11.8 Å². The maximum Gasteiger partial charge on any atom is 0.224 e. The van der Waals surface area contributed by atoms with Gasteiger partial charge in [0, 0.05) is 31.3 Å². The van der Waals surface area contributed by atoms with Crippen molar-refractivity contribution in [3.8, 4) is 0 Å². The SMILES string of the molecule is Cc1nnc(SCCCNC(=O)[C@@H]2CCC(=O)N(C3CC3)C2)s1. The number of likely N-dealkylation sites (tertiary alicyclic amines) is 1. The maximum atomic E-state index is 12.3. The number of carbonyl (C=O) groups excluding carboxylic acids is 2. The average molecular weight is 355 g/mol. The van der Waals surface area contributed by atoms with Crippen LogP contribution in [0.5, 0.6) is 0 Å². The summed E-state index contributed by atoms with van der Waals surface area (Å²) in [6.07, 6.45) is 4.31. The first-order valence-electron chi connectivity index (χ1n) is 8.13. The van der Waals surface area contributed by atoms with Gasteiger partial charge in [-0.15, -0.1) is 10.2 Å². The molecular weight excluding hydrogens is 332 g/mol. The molecule has 1 aromatic rings. The quantitative estimate of drug-likeness (QED) is 0.597. The van der Waals surface area contributed by atoms with E-state index in [1.54, 1.807) is 23.1 Å². The Kier molecular flexibility index (Phi) is 5.53. The summed E-state index contributed by atoms with van der Waals surface area (Å²) in [5.74, 6) is 1.21. The summed E-state index contributed by atoms with van der Waals surface area (Å²) < 4.78 is 0.986. The molecule has 0 bridgehead atoms. The number of carbonyl (C=O) groups is 2. The number of nitrogens with one attached hydrogen (secondary N) is 1. The largest absolute Gasteiger partial charge is 0.356 e. The van der Waals surface area contributed by atoms with Crippen LogP contribution in [0.2, 0.25) is 0 Å². The Hall–Kier alpha value is -1.15. The van der Waals surface area contributed by atoms with E-state index in [1.165, 1.54) is 0 Å². The lowest BCUT2D eigenvalue weighted by Crippen LogP contribution is -2.46. The van der Waals surface area contributed by atoms with Gasteiger partial charge in [-0.05, 0) is 32.6 Å². The van der Waals surface area contributed by atoms with Gasteiger partial charge in [0.15, 0.2) is 4.34 Å². The van der Waals surface area contributed by atoms with Crippen molar-refractivity contribution in [2.75, 3.05) is 18.8 Å². The van der Waals surface area contributed by atoms with E-state index in [0.717, 1.165) is 34.4 Å². The van der Waals surface area contributed by atoms with Crippen molar-refractivity contribution in [3.05, 3.63) is 5.01 Å². The molecule has 2 heterocycles. The van der Waals surface area contributed by atoms with E-state index in [-0.39, 0.29) is 17.7 Å². The van der Waals surface area contributed by atoms with Gasteiger partial charge in [-0.2, -0.15) is 0 Å².